The Labute approximate surface area is 121 Å². The van der Waals surface area contributed by atoms with E-state index < -0.39 is 0 Å². The zero-order chi connectivity index (χ0) is 14.5. The molecule has 0 fully saturated rings. The van der Waals surface area contributed by atoms with Gasteiger partial charge in [0.15, 0.2) is 0 Å². The molecule has 1 aromatic carbocycles. The van der Waals surface area contributed by atoms with Gasteiger partial charge in [-0.15, -0.1) is 0 Å². The third kappa shape index (κ3) is 3.80. The third-order valence-corrected chi connectivity index (χ3v) is 3.06. The smallest absolute Gasteiger partial charge is 0.130 e. The van der Waals surface area contributed by atoms with Crippen molar-refractivity contribution in [3.8, 4) is 11.3 Å². The lowest BCUT2D eigenvalue weighted by Gasteiger charge is -2.09. The molecule has 0 saturated carbocycles. The molecule has 0 aliphatic carbocycles. The van der Waals surface area contributed by atoms with Gasteiger partial charge in [-0.25, -0.2) is 9.97 Å². The molecule has 2 aromatic rings. The number of nitrogens with zero attached hydrogens (tertiary/aromatic N) is 2. The summed E-state index contributed by atoms with van der Waals surface area (Å²) in [4.78, 5) is 8.95. The van der Waals surface area contributed by atoms with Crippen LogP contribution in [-0.2, 0) is 6.42 Å². The molecular weight excluding hydrogens is 246 g/mol. The molecule has 0 bridgehead atoms. The fourth-order valence-electron chi connectivity index (χ4n) is 2.32. The summed E-state index contributed by atoms with van der Waals surface area (Å²) in [7, 11) is 0. The van der Waals surface area contributed by atoms with Gasteiger partial charge in [-0.3, -0.25) is 0 Å². The largest absolute Gasteiger partial charge is 0.370 e. The first-order valence-corrected chi connectivity index (χ1v) is 7.27. The van der Waals surface area contributed by atoms with E-state index in [0.717, 1.165) is 35.9 Å². The van der Waals surface area contributed by atoms with Gasteiger partial charge in [-0.1, -0.05) is 32.0 Å². The lowest BCUT2D eigenvalue weighted by atomic mass is 10.00. The monoisotopic (exact) mass is 269 g/mol. The lowest BCUT2D eigenvalue weighted by Crippen LogP contribution is -2.02. The Hall–Kier alpha value is -1.90. The van der Waals surface area contributed by atoms with Gasteiger partial charge < -0.3 is 5.32 Å². The predicted octanol–water partition coefficient (Wildman–Crippen LogP) is 4.08. The summed E-state index contributed by atoms with van der Waals surface area (Å²) < 4.78 is 0. The summed E-state index contributed by atoms with van der Waals surface area (Å²) in [5.74, 6) is 2.35. The summed E-state index contributed by atoms with van der Waals surface area (Å²) in [6, 6.07) is 10.7. The molecule has 3 nitrogen and oxygen atoms in total. The average molecular weight is 269 g/mol. The van der Waals surface area contributed by atoms with Crippen LogP contribution in [0.15, 0.2) is 30.3 Å². The fourth-order valence-corrected chi connectivity index (χ4v) is 2.32. The number of benzene rings is 1. The van der Waals surface area contributed by atoms with E-state index >= 15 is 0 Å². The lowest BCUT2D eigenvalue weighted by molar-refractivity contribution is 0.647. The zero-order valence-corrected chi connectivity index (χ0v) is 12.8. The first-order chi connectivity index (χ1) is 9.58. The molecule has 0 radical (unpaired) electrons. The molecule has 3 heteroatoms. The molecule has 2 rings (SSSR count). The second kappa shape index (κ2) is 6.51. The van der Waals surface area contributed by atoms with Crippen LogP contribution in [0.3, 0.4) is 0 Å². The summed E-state index contributed by atoms with van der Waals surface area (Å²) >= 11 is 0. The number of rotatable bonds is 5. The Balaban J connectivity index is 2.35. The van der Waals surface area contributed by atoms with Crippen molar-refractivity contribution in [2.24, 2.45) is 5.92 Å². The highest BCUT2D eigenvalue weighted by Gasteiger charge is 2.06. The molecular formula is C17H23N3. The first kappa shape index (κ1) is 14.5. The molecule has 1 aromatic heterocycles. The predicted molar refractivity (Wildman–Crippen MR) is 84.9 cm³/mol. The highest BCUT2D eigenvalue weighted by atomic mass is 15.0. The number of hydrogen-bond donors (Lipinski definition) is 1. The maximum Gasteiger partial charge on any atom is 0.130 e. The highest BCUT2D eigenvalue weighted by Crippen LogP contribution is 2.22. The van der Waals surface area contributed by atoms with E-state index in [-0.39, 0.29) is 0 Å². The number of hydrogen-bond acceptors (Lipinski definition) is 3. The molecule has 0 unspecified atom stereocenters. The maximum absolute atomic E-state index is 4.56. The molecule has 0 aliphatic heterocycles. The Morgan fingerprint density at radius 2 is 1.95 bits per heavy atom. The van der Waals surface area contributed by atoms with Crippen molar-refractivity contribution < 1.29 is 0 Å². The number of aromatic nitrogens is 2. The van der Waals surface area contributed by atoms with Crippen molar-refractivity contribution in [1.29, 1.82) is 0 Å². The van der Waals surface area contributed by atoms with Gasteiger partial charge in [0.05, 0.1) is 5.69 Å². The van der Waals surface area contributed by atoms with Gasteiger partial charge in [0.1, 0.15) is 11.6 Å². The molecule has 0 spiro atoms. The van der Waals surface area contributed by atoms with Crippen LogP contribution < -0.4 is 5.32 Å². The van der Waals surface area contributed by atoms with Crippen LogP contribution in [-0.4, -0.2) is 16.5 Å². The van der Waals surface area contributed by atoms with Crippen molar-refractivity contribution in [3.63, 3.8) is 0 Å². The van der Waals surface area contributed by atoms with Crippen LogP contribution in [0.4, 0.5) is 5.82 Å². The van der Waals surface area contributed by atoms with Gasteiger partial charge >= 0.3 is 0 Å². The second-order valence-electron chi connectivity index (χ2n) is 5.51. The Kier molecular flexibility index (Phi) is 4.72. The summed E-state index contributed by atoms with van der Waals surface area (Å²) in [5, 5.41) is 3.25. The molecule has 106 valence electrons. The van der Waals surface area contributed by atoms with E-state index in [9.17, 15) is 0 Å². The number of nitrogens with one attached hydrogen (secondary N) is 1. The Bertz CT molecular complexity index is 576. The number of anilines is 1. The van der Waals surface area contributed by atoms with E-state index in [4.69, 9.17) is 0 Å². The summed E-state index contributed by atoms with van der Waals surface area (Å²) in [5.41, 5.74) is 3.51. The third-order valence-electron chi connectivity index (χ3n) is 3.06. The standard InChI is InChI=1S/C17H23N3/c1-5-18-17-11-16(19-13(4)20-17)15-8-6-7-14(10-15)9-12(2)3/h6-8,10-12H,5,9H2,1-4H3,(H,18,19,20). The van der Waals surface area contributed by atoms with Crippen LogP contribution in [0.2, 0.25) is 0 Å². The van der Waals surface area contributed by atoms with Crippen LogP contribution in [0.25, 0.3) is 11.3 Å². The van der Waals surface area contributed by atoms with Gasteiger partial charge in [0.2, 0.25) is 0 Å². The van der Waals surface area contributed by atoms with Gasteiger partial charge in [0, 0.05) is 18.2 Å². The van der Waals surface area contributed by atoms with Crippen LogP contribution in [0, 0.1) is 12.8 Å². The van der Waals surface area contributed by atoms with Gasteiger partial charge in [-0.2, -0.15) is 0 Å². The Morgan fingerprint density at radius 3 is 2.65 bits per heavy atom. The SMILES string of the molecule is CCNc1cc(-c2cccc(CC(C)C)c2)nc(C)n1. The fraction of sp³-hybridized carbons (Fsp3) is 0.412. The molecule has 20 heavy (non-hydrogen) atoms. The van der Waals surface area contributed by atoms with E-state index in [1.807, 2.05) is 13.0 Å². The molecule has 0 saturated heterocycles. The summed E-state index contributed by atoms with van der Waals surface area (Å²) in [6.45, 7) is 9.35. The van der Waals surface area contributed by atoms with Crippen LogP contribution in [0.5, 0.6) is 0 Å². The number of aryl methyl sites for hydroxylation is 1. The quantitative estimate of drug-likeness (QED) is 0.888. The molecule has 0 amide bonds. The van der Waals surface area contributed by atoms with Crippen LogP contribution >= 0.6 is 0 Å². The van der Waals surface area contributed by atoms with Crippen molar-refractivity contribution in [2.75, 3.05) is 11.9 Å². The topological polar surface area (TPSA) is 37.8 Å². The van der Waals surface area contributed by atoms with Gasteiger partial charge in [-0.05, 0) is 37.8 Å². The van der Waals surface area contributed by atoms with Gasteiger partial charge in [0.25, 0.3) is 0 Å². The molecule has 0 aliphatic rings. The minimum Gasteiger partial charge on any atom is -0.370 e. The molecule has 1 N–H and O–H groups in total. The average Bonchev–Trinajstić information content (AvgIpc) is 2.38. The van der Waals surface area contributed by atoms with E-state index in [0.29, 0.717) is 5.92 Å². The van der Waals surface area contributed by atoms with Crippen molar-refractivity contribution >= 4 is 5.82 Å². The van der Waals surface area contributed by atoms with Crippen LogP contribution in [0.1, 0.15) is 32.2 Å². The van der Waals surface area contributed by atoms with Crippen molar-refractivity contribution in [3.05, 3.63) is 41.7 Å². The highest BCUT2D eigenvalue weighted by molar-refractivity contribution is 5.63. The minimum absolute atomic E-state index is 0.662. The van der Waals surface area contributed by atoms with E-state index in [2.05, 4.69) is 60.3 Å². The maximum atomic E-state index is 4.56. The van der Waals surface area contributed by atoms with E-state index in [1.54, 1.807) is 0 Å². The molecule has 0 atom stereocenters. The minimum atomic E-state index is 0.662. The zero-order valence-electron chi connectivity index (χ0n) is 12.8. The summed E-state index contributed by atoms with van der Waals surface area (Å²) in [6.07, 6.45) is 1.10. The first-order valence-electron chi connectivity index (χ1n) is 7.27. The molecule has 1 heterocycles. The van der Waals surface area contributed by atoms with Crippen molar-refractivity contribution in [1.82, 2.24) is 9.97 Å². The second-order valence-corrected chi connectivity index (χ2v) is 5.51. The Morgan fingerprint density at radius 1 is 1.15 bits per heavy atom. The normalized spacial score (nSPS) is 10.8. The van der Waals surface area contributed by atoms with Crippen molar-refractivity contribution in [2.45, 2.75) is 34.1 Å². The van der Waals surface area contributed by atoms with E-state index in [1.165, 1.54) is 5.56 Å².